The van der Waals surface area contributed by atoms with E-state index in [9.17, 15) is 8.42 Å². The molecule has 2 rings (SSSR count). The highest BCUT2D eigenvalue weighted by Gasteiger charge is 2.26. The maximum absolute atomic E-state index is 11.8. The molecular formula is C13H19NO3S. The van der Waals surface area contributed by atoms with Crippen molar-refractivity contribution in [3.05, 3.63) is 34.9 Å². The molecule has 1 aliphatic carbocycles. The van der Waals surface area contributed by atoms with Gasteiger partial charge in [-0.3, -0.25) is 0 Å². The minimum Gasteiger partial charge on any atom is -0.384 e. The van der Waals surface area contributed by atoms with Crippen molar-refractivity contribution in [2.24, 2.45) is 0 Å². The van der Waals surface area contributed by atoms with Crippen LogP contribution in [0.3, 0.4) is 0 Å². The second-order valence-electron chi connectivity index (χ2n) is 4.66. The predicted octanol–water partition coefficient (Wildman–Crippen LogP) is 1.55. The van der Waals surface area contributed by atoms with Gasteiger partial charge in [-0.25, -0.2) is 13.1 Å². The largest absolute Gasteiger partial charge is 0.384 e. The maximum Gasteiger partial charge on any atom is 0.214 e. The quantitative estimate of drug-likeness (QED) is 0.882. The topological polar surface area (TPSA) is 55.4 Å². The molecule has 0 radical (unpaired) electrons. The van der Waals surface area contributed by atoms with E-state index in [0.717, 1.165) is 18.4 Å². The third-order valence-electron chi connectivity index (χ3n) is 3.38. The smallest absolute Gasteiger partial charge is 0.214 e. The zero-order valence-corrected chi connectivity index (χ0v) is 11.6. The van der Waals surface area contributed by atoms with Gasteiger partial charge in [-0.2, -0.15) is 0 Å². The molecule has 1 aliphatic rings. The molecule has 0 fully saturated rings. The Kier molecular flexibility index (Phi) is 4.04. The van der Waals surface area contributed by atoms with Crippen molar-refractivity contribution in [1.29, 1.82) is 0 Å². The van der Waals surface area contributed by atoms with Crippen LogP contribution in [0.4, 0.5) is 0 Å². The summed E-state index contributed by atoms with van der Waals surface area (Å²) in [6.45, 7) is 2.30. The van der Waals surface area contributed by atoms with E-state index < -0.39 is 10.0 Å². The molecule has 18 heavy (non-hydrogen) atoms. The molecule has 1 unspecified atom stereocenters. The summed E-state index contributed by atoms with van der Waals surface area (Å²) in [7, 11) is -1.75. The van der Waals surface area contributed by atoms with E-state index in [0.29, 0.717) is 0 Å². The number of aryl methyl sites for hydroxylation is 1. The summed E-state index contributed by atoms with van der Waals surface area (Å²) < 4.78 is 31.3. The van der Waals surface area contributed by atoms with Crippen molar-refractivity contribution in [1.82, 2.24) is 4.72 Å². The number of methoxy groups -OCH3 is 1. The number of hydrogen-bond donors (Lipinski definition) is 1. The molecule has 1 aromatic rings. The van der Waals surface area contributed by atoms with Crippen molar-refractivity contribution in [2.75, 3.05) is 19.5 Å². The predicted molar refractivity (Wildman–Crippen MR) is 71.0 cm³/mol. The molecule has 100 valence electrons. The Morgan fingerprint density at radius 1 is 1.44 bits per heavy atom. The molecular weight excluding hydrogens is 250 g/mol. The molecule has 0 saturated heterocycles. The van der Waals surface area contributed by atoms with Crippen molar-refractivity contribution < 1.29 is 13.2 Å². The zero-order valence-electron chi connectivity index (χ0n) is 10.8. The van der Waals surface area contributed by atoms with E-state index in [4.69, 9.17) is 4.74 Å². The Hall–Kier alpha value is -0.910. The van der Waals surface area contributed by atoms with E-state index >= 15 is 0 Å². The van der Waals surface area contributed by atoms with E-state index in [1.807, 2.05) is 12.1 Å². The van der Waals surface area contributed by atoms with Gasteiger partial charge in [0.05, 0.1) is 12.4 Å². The fourth-order valence-electron chi connectivity index (χ4n) is 2.43. The van der Waals surface area contributed by atoms with Gasteiger partial charge in [0.2, 0.25) is 10.0 Å². The first-order chi connectivity index (χ1) is 8.53. The Balaban J connectivity index is 2.13. The van der Waals surface area contributed by atoms with Crippen LogP contribution in [0.5, 0.6) is 0 Å². The first-order valence-electron chi connectivity index (χ1n) is 6.11. The molecule has 0 aromatic heterocycles. The van der Waals surface area contributed by atoms with Crippen molar-refractivity contribution in [2.45, 2.75) is 25.8 Å². The third kappa shape index (κ3) is 2.91. The van der Waals surface area contributed by atoms with Crippen LogP contribution in [-0.2, 0) is 21.2 Å². The number of sulfonamides is 1. The number of ether oxygens (including phenoxy) is 1. The van der Waals surface area contributed by atoms with E-state index in [1.165, 1.54) is 18.2 Å². The molecule has 0 saturated carbocycles. The number of hydrogen-bond acceptors (Lipinski definition) is 3. The highest BCUT2D eigenvalue weighted by Crippen LogP contribution is 2.33. The van der Waals surface area contributed by atoms with Gasteiger partial charge >= 0.3 is 0 Å². The van der Waals surface area contributed by atoms with Crippen LogP contribution in [0.15, 0.2) is 18.2 Å². The number of fused-ring (bicyclic) bond motifs is 1. The van der Waals surface area contributed by atoms with Crippen LogP contribution in [0.25, 0.3) is 0 Å². The number of benzene rings is 1. The minimum absolute atomic E-state index is 0.0150. The molecule has 1 aromatic carbocycles. The maximum atomic E-state index is 11.8. The van der Waals surface area contributed by atoms with Gasteiger partial charge in [-0.15, -0.1) is 0 Å². The summed E-state index contributed by atoms with van der Waals surface area (Å²) in [5, 5.41) is 0. The zero-order chi connectivity index (χ0) is 13.2. The SMILES string of the molecule is COCCS(=O)(=O)NC1CCc2c(C)cccc21. The Bertz CT molecular complexity index is 525. The third-order valence-corrected chi connectivity index (χ3v) is 4.73. The lowest BCUT2D eigenvalue weighted by Gasteiger charge is -2.14. The Labute approximate surface area is 108 Å². The lowest BCUT2D eigenvalue weighted by Crippen LogP contribution is -2.31. The van der Waals surface area contributed by atoms with E-state index in [1.54, 1.807) is 0 Å². The summed E-state index contributed by atoms with van der Waals surface area (Å²) >= 11 is 0. The summed E-state index contributed by atoms with van der Waals surface area (Å²) in [5.41, 5.74) is 3.65. The monoisotopic (exact) mass is 269 g/mol. The molecule has 0 bridgehead atoms. The van der Waals surface area contributed by atoms with Crippen LogP contribution >= 0.6 is 0 Å². The van der Waals surface area contributed by atoms with E-state index in [2.05, 4.69) is 17.7 Å². The van der Waals surface area contributed by atoms with Gasteiger partial charge in [-0.1, -0.05) is 18.2 Å². The van der Waals surface area contributed by atoms with Gasteiger partial charge < -0.3 is 4.74 Å². The average Bonchev–Trinajstić information content (AvgIpc) is 2.71. The molecule has 0 heterocycles. The van der Waals surface area contributed by atoms with Crippen LogP contribution < -0.4 is 4.72 Å². The Morgan fingerprint density at radius 2 is 2.22 bits per heavy atom. The van der Waals surface area contributed by atoms with Crippen molar-refractivity contribution in [3.63, 3.8) is 0 Å². The van der Waals surface area contributed by atoms with Crippen molar-refractivity contribution >= 4 is 10.0 Å². The van der Waals surface area contributed by atoms with Gasteiger partial charge in [0.1, 0.15) is 0 Å². The first-order valence-corrected chi connectivity index (χ1v) is 7.76. The van der Waals surface area contributed by atoms with Crippen LogP contribution in [0.1, 0.15) is 29.2 Å². The van der Waals surface area contributed by atoms with Crippen LogP contribution in [0, 0.1) is 6.92 Å². The second kappa shape index (κ2) is 5.38. The average molecular weight is 269 g/mol. The fourth-order valence-corrected chi connectivity index (χ4v) is 3.61. The summed E-state index contributed by atoms with van der Waals surface area (Å²) in [6.07, 6.45) is 1.78. The van der Waals surface area contributed by atoms with Gasteiger partial charge in [0.25, 0.3) is 0 Å². The number of nitrogens with one attached hydrogen (secondary N) is 1. The fraction of sp³-hybridized carbons (Fsp3) is 0.538. The molecule has 1 atom stereocenters. The molecule has 1 N–H and O–H groups in total. The standard InChI is InChI=1S/C13H19NO3S/c1-10-4-3-5-12-11(10)6-7-13(12)14-18(15,16)9-8-17-2/h3-5,13-14H,6-9H2,1-2H3. The molecule has 0 aliphatic heterocycles. The molecule has 5 heteroatoms. The first kappa shape index (κ1) is 13.5. The van der Waals surface area contributed by atoms with Gasteiger partial charge in [0, 0.05) is 13.2 Å². The van der Waals surface area contributed by atoms with E-state index in [-0.39, 0.29) is 18.4 Å². The Morgan fingerprint density at radius 3 is 2.94 bits per heavy atom. The highest BCUT2D eigenvalue weighted by atomic mass is 32.2. The number of rotatable bonds is 5. The van der Waals surface area contributed by atoms with Crippen LogP contribution in [-0.4, -0.2) is 27.9 Å². The van der Waals surface area contributed by atoms with Gasteiger partial charge in [0.15, 0.2) is 0 Å². The lowest BCUT2D eigenvalue weighted by atomic mass is 10.0. The summed E-state index contributed by atoms with van der Waals surface area (Å²) in [6, 6.07) is 5.98. The summed E-state index contributed by atoms with van der Waals surface area (Å²) in [4.78, 5) is 0. The molecule has 4 nitrogen and oxygen atoms in total. The minimum atomic E-state index is -3.26. The van der Waals surface area contributed by atoms with Gasteiger partial charge in [-0.05, 0) is 36.5 Å². The highest BCUT2D eigenvalue weighted by molar-refractivity contribution is 7.89. The summed E-state index contributed by atoms with van der Waals surface area (Å²) in [5.74, 6) is 0.0150. The molecule has 0 amide bonds. The van der Waals surface area contributed by atoms with Crippen molar-refractivity contribution in [3.8, 4) is 0 Å². The normalized spacial score (nSPS) is 18.9. The molecule has 0 spiro atoms. The lowest BCUT2D eigenvalue weighted by molar-refractivity contribution is 0.216. The van der Waals surface area contributed by atoms with Crippen LogP contribution in [0.2, 0.25) is 0 Å². The second-order valence-corrected chi connectivity index (χ2v) is 6.54.